The summed E-state index contributed by atoms with van der Waals surface area (Å²) in [6.45, 7) is 1.90. The van der Waals surface area contributed by atoms with Crippen molar-refractivity contribution in [2.24, 2.45) is 7.05 Å². The quantitative estimate of drug-likeness (QED) is 0.921. The number of rotatable bonds is 5. The maximum atomic E-state index is 12.8. The van der Waals surface area contributed by atoms with Crippen molar-refractivity contribution in [3.05, 3.63) is 47.7 Å². The number of carbonyl (C=O) groups excluding carboxylic acids is 1. The van der Waals surface area contributed by atoms with Gasteiger partial charge in [0.1, 0.15) is 5.82 Å². The molecule has 5 nitrogen and oxygen atoms in total. The van der Waals surface area contributed by atoms with Crippen LogP contribution < -0.4 is 5.32 Å². The van der Waals surface area contributed by atoms with E-state index in [1.54, 1.807) is 4.68 Å². The van der Waals surface area contributed by atoms with E-state index in [1.807, 2.05) is 50.4 Å². The normalized spacial score (nSPS) is 16.4. The fraction of sp³-hybridized carbons (Fsp3) is 0.444. The Hall–Kier alpha value is -2.14. The molecule has 1 amide bonds. The Balaban J connectivity index is 1.79. The zero-order valence-corrected chi connectivity index (χ0v) is 13.7. The lowest BCUT2D eigenvalue weighted by molar-refractivity contribution is -0.131. The van der Waals surface area contributed by atoms with Crippen molar-refractivity contribution in [2.45, 2.75) is 44.8 Å². The van der Waals surface area contributed by atoms with Crippen molar-refractivity contribution in [3.8, 4) is 0 Å². The van der Waals surface area contributed by atoms with Gasteiger partial charge in [-0.2, -0.15) is 5.10 Å². The molecule has 1 N–H and O–H groups in total. The van der Waals surface area contributed by atoms with E-state index < -0.39 is 6.10 Å². The summed E-state index contributed by atoms with van der Waals surface area (Å²) in [5, 5.41) is 7.20. The lowest BCUT2D eigenvalue weighted by Gasteiger charge is -2.22. The van der Waals surface area contributed by atoms with E-state index in [-0.39, 0.29) is 12.0 Å². The summed E-state index contributed by atoms with van der Waals surface area (Å²) in [6, 6.07) is 11.5. The van der Waals surface area contributed by atoms with Crippen LogP contribution in [0.25, 0.3) is 0 Å². The topological polar surface area (TPSA) is 56.1 Å². The minimum atomic E-state index is -0.588. The largest absolute Gasteiger partial charge is 0.360 e. The van der Waals surface area contributed by atoms with E-state index >= 15 is 0 Å². The third kappa shape index (κ3) is 3.79. The zero-order chi connectivity index (χ0) is 16.2. The molecule has 3 rings (SSSR count). The molecule has 1 aliphatic rings. The molecule has 1 aliphatic carbocycles. The second-order valence-electron chi connectivity index (χ2n) is 6.12. The van der Waals surface area contributed by atoms with E-state index in [2.05, 4.69) is 10.4 Å². The fourth-order valence-corrected chi connectivity index (χ4v) is 3.06. The lowest BCUT2D eigenvalue weighted by Crippen LogP contribution is -2.27. The molecule has 0 radical (unpaired) electrons. The first-order chi connectivity index (χ1) is 11.1. The van der Waals surface area contributed by atoms with Crippen molar-refractivity contribution in [1.82, 2.24) is 9.78 Å². The number of aryl methyl sites for hydroxylation is 2. The van der Waals surface area contributed by atoms with Crippen LogP contribution in [-0.2, 0) is 16.6 Å². The molecule has 1 aromatic carbocycles. The monoisotopic (exact) mass is 313 g/mol. The number of hydrogen-bond donors (Lipinski definition) is 1. The van der Waals surface area contributed by atoms with Crippen LogP contribution in [0.5, 0.6) is 0 Å². The molecule has 0 spiro atoms. The highest BCUT2D eigenvalue weighted by Crippen LogP contribution is 2.28. The Bertz CT molecular complexity index is 660. The molecule has 1 fully saturated rings. The smallest absolute Gasteiger partial charge is 0.259 e. The van der Waals surface area contributed by atoms with Crippen LogP contribution in [0.15, 0.2) is 36.4 Å². The number of anilines is 1. The van der Waals surface area contributed by atoms with Gasteiger partial charge < -0.3 is 10.1 Å². The average molecular weight is 313 g/mol. The van der Waals surface area contributed by atoms with Gasteiger partial charge in [0, 0.05) is 13.1 Å². The minimum absolute atomic E-state index is 0.147. The summed E-state index contributed by atoms with van der Waals surface area (Å²) in [6.07, 6.45) is 3.99. The molecule has 122 valence electrons. The zero-order valence-electron chi connectivity index (χ0n) is 13.7. The number of carbonyl (C=O) groups is 1. The van der Waals surface area contributed by atoms with Crippen LogP contribution in [-0.4, -0.2) is 21.8 Å². The molecule has 0 aliphatic heterocycles. The van der Waals surface area contributed by atoms with Crippen molar-refractivity contribution in [2.75, 3.05) is 5.32 Å². The number of ether oxygens (including phenoxy) is 1. The molecule has 5 heteroatoms. The standard InChI is InChI=1S/C18H23N3O2/c1-13-12-16(21(2)20-13)19-18(22)17(14-8-4-3-5-9-14)23-15-10-6-7-11-15/h3-5,8-9,12,15,17H,6-7,10-11H2,1-2H3,(H,19,22)/t17-/m0/s1. The number of amides is 1. The summed E-state index contributed by atoms with van der Waals surface area (Å²) >= 11 is 0. The number of benzene rings is 1. The van der Waals surface area contributed by atoms with E-state index in [1.165, 1.54) is 12.8 Å². The summed E-state index contributed by atoms with van der Waals surface area (Å²) < 4.78 is 7.81. The van der Waals surface area contributed by atoms with E-state index in [0.717, 1.165) is 24.1 Å². The highest BCUT2D eigenvalue weighted by molar-refractivity contribution is 5.94. The Labute approximate surface area is 136 Å². The molecule has 1 saturated carbocycles. The predicted octanol–water partition coefficient (Wildman–Crippen LogP) is 3.37. The molecular weight excluding hydrogens is 290 g/mol. The van der Waals surface area contributed by atoms with E-state index in [0.29, 0.717) is 5.82 Å². The molecule has 23 heavy (non-hydrogen) atoms. The van der Waals surface area contributed by atoms with Crippen molar-refractivity contribution in [1.29, 1.82) is 0 Å². The van der Waals surface area contributed by atoms with Gasteiger partial charge in [-0.05, 0) is 25.3 Å². The second-order valence-corrected chi connectivity index (χ2v) is 6.12. The van der Waals surface area contributed by atoms with Crippen LogP contribution in [0.1, 0.15) is 43.0 Å². The van der Waals surface area contributed by atoms with Gasteiger partial charge in [0.05, 0.1) is 11.8 Å². The fourth-order valence-electron chi connectivity index (χ4n) is 3.06. The first kappa shape index (κ1) is 15.7. The second kappa shape index (κ2) is 6.96. The Morgan fingerprint density at radius 3 is 2.61 bits per heavy atom. The Kier molecular flexibility index (Phi) is 4.76. The van der Waals surface area contributed by atoms with Crippen LogP contribution in [0.4, 0.5) is 5.82 Å². The summed E-state index contributed by atoms with van der Waals surface area (Å²) in [5.41, 5.74) is 1.76. The lowest BCUT2D eigenvalue weighted by atomic mass is 10.1. The molecule has 1 atom stereocenters. The van der Waals surface area contributed by atoms with Gasteiger partial charge in [0.2, 0.25) is 0 Å². The molecule has 0 unspecified atom stereocenters. The Morgan fingerprint density at radius 1 is 1.30 bits per heavy atom. The molecule has 0 saturated heterocycles. The molecule has 0 bridgehead atoms. The van der Waals surface area contributed by atoms with Gasteiger partial charge in [-0.1, -0.05) is 43.2 Å². The van der Waals surface area contributed by atoms with Crippen molar-refractivity contribution < 1.29 is 9.53 Å². The van der Waals surface area contributed by atoms with Gasteiger partial charge in [0.25, 0.3) is 5.91 Å². The minimum Gasteiger partial charge on any atom is -0.360 e. The average Bonchev–Trinajstić information content (AvgIpc) is 3.15. The van der Waals surface area contributed by atoms with Gasteiger partial charge in [0.15, 0.2) is 6.10 Å². The summed E-state index contributed by atoms with van der Waals surface area (Å²) in [7, 11) is 1.82. The van der Waals surface area contributed by atoms with Crippen LogP contribution >= 0.6 is 0 Å². The van der Waals surface area contributed by atoms with Gasteiger partial charge in [-0.25, -0.2) is 0 Å². The Morgan fingerprint density at radius 2 is 2.00 bits per heavy atom. The third-order valence-corrected chi connectivity index (χ3v) is 4.22. The maximum Gasteiger partial charge on any atom is 0.259 e. The summed E-state index contributed by atoms with van der Waals surface area (Å²) in [5.74, 6) is 0.537. The van der Waals surface area contributed by atoms with Gasteiger partial charge in [-0.15, -0.1) is 0 Å². The SMILES string of the molecule is Cc1cc(NC(=O)[C@@H](OC2CCCC2)c2ccccc2)n(C)n1. The number of hydrogen-bond acceptors (Lipinski definition) is 3. The molecular formula is C18H23N3O2. The first-order valence-electron chi connectivity index (χ1n) is 8.15. The third-order valence-electron chi connectivity index (χ3n) is 4.22. The number of aromatic nitrogens is 2. The number of nitrogens with one attached hydrogen (secondary N) is 1. The molecule has 1 heterocycles. The molecule has 2 aromatic rings. The van der Waals surface area contributed by atoms with Gasteiger partial charge >= 0.3 is 0 Å². The van der Waals surface area contributed by atoms with Crippen LogP contribution in [0.2, 0.25) is 0 Å². The molecule has 1 aromatic heterocycles. The van der Waals surface area contributed by atoms with Crippen molar-refractivity contribution >= 4 is 11.7 Å². The first-order valence-corrected chi connectivity index (χ1v) is 8.15. The highest BCUT2D eigenvalue weighted by Gasteiger charge is 2.27. The highest BCUT2D eigenvalue weighted by atomic mass is 16.5. The van der Waals surface area contributed by atoms with Gasteiger partial charge in [-0.3, -0.25) is 9.48 Å². The van der Waals surface area contributed by atoms with Crippen LogP contribution in [0, 0.1) is 6.92 Å². The van der Waals surface area contributed by atoms with Crippen molar-refractivity contribution in [3.63, 3.8) is 0 Å². The van der Waals surface area contributed by atoms with E-state index in [4.69, 9.17) is 4.74 Å². The van der Waals surface area contributed by atoms with Crippen LogP contribution in [0.3, 0.4) is 0 Å². The van der Waals surface area contributed by atoms with E-state index in [9.17, 15) is 4.79 Å². The number of nitrogens with zero attached hydrogens (tertiary/aromatic N) is 2. The predicted molar refractivity (Wildman–Crippen MR) is 89.1 cm³/mol. The maximum absolute atomic E-state index is 12.8. The summed E-state index contributed by atoms with van der Waals surface area (Å²) in [4.78, 5) is 12.8.